The average Bonchev–Trinajstić information content (AvgIpc) is 3.74. The van der Waals surface area contributed by atoms with Crippen LogP contribution in [0.15, 0.2) is 170 Å². The van der Waals surface area contributed by atoms with Gasteiger partial charge >= 0.3 is 0 Å². The minimum atomic E-state index is 0.653. The van der Waals surface area contributed by atoms with E-state index >= 15 is 0 Å². The summed E-state index contributed by atoms with van der Waals surface area (Å²) in [6.45, 7) is 0. The molecular weight excluding hydrogens is 629 g/mol. The number of para-hydroxylation sites is 2. The van der Waals surface area contributed by atoms with Crippen molar-refractivity contribution in [1.82, 2.24) is 19.5 Å². The molecule has 0 fully saturated rings. The smallest absolute Gasteiger partial charge is 0.165 e. The van der Waals surface area contributed by atoms with Gasteiger partial charge in [-0.15, -0.1) is 11.3 Å². The van der Waals surface area contributed by atoms with E-state index in [9.17, 15) is 0 Å². The lowest BCUT2D eigenvalue weighted by Crippen LogP contribution is -2.00. The van der Waals surface area contributed by atoms with Gasteiger partial charge in [-0.3, -0.25) is 0 Å². The molecule has 0 radical (unpaired) electrons. The van der Waals surface area contributed by atoms with Gasteiger partial charge in [0, 0.05) is 53.3 Å². The first-order valence-corrected chi connectivity index (χ1v) is 17.5. The number of hydrogen-bond donors (Lipinski definition) is 0. The summed E-state index contributed by atoms with van der Waals surface area (Å²) in [5.74, 6) is 1.99. The predicted molar refractivity (Wildman–Crippen MR) is 209 cm³/mol. The molecular formula is C45H28N4S. The van der Waals surface area contributed by atoms with Gasteiger partial charge in [-0.25, -0.2) is 15.0 Å². The highest BCUT2D eigenvalue weighted by Crippen LogP contribution is 2.40. The normalized spacial score (nSPS) is 11.6. The lowest BCUT2D eigenvalue weighted by molar-refractivity contribution is 1.08. The van der Waals surface area contributed by atoms with Crippen LogP contribution in [0.25, 0.3) is 93.0 Å². The second-order valence-corrected chi connectivity index (χ2v) is 13.5. The summed E-state index contributed by atoms with van der Waals surface area (Å²) < 4.78 is 4.79. The first kappa shape index (κ1) is 28.6. The number of benzene rings is 7. The third kappa shape index (κ3) is 4.71. The molecule has 0 atom stereocenters. The molecule has 3 heterocycles. The zero-order valence-electron chi connectivity index (χ0n) is 26.9. The molecule has 4 nitrogen and oxygen atoms in total. The largest absolute Gasteiger partial charge is 0.309 e. The number of aromatic nitrogens is 4. The van der Waals surface area contributed by atoms with Gasteiger partial charge < -0.3 is 4.57 Å². The fourth-order valence-corrected chi connectivity index (χ4v) is 8.29. The molecule has 50 heavy (non-hydrogen) atoms. The molecule has 0 aliphatic carbocycles. The summed E-state index contributed by atoms with van der Waals surface area (Å²) in [7, 11) is 0. The lowest BCUT2D eigenvalue weighted by Gasteiger charge is -2.11. The molecule has 0 spiro atoms. The van der Waals surface area contributed by atoms with Crippen LogP contribution in [0.4, 0.5) is 0 Å². The van der Waals surface area contributed by atoms with Crippen molar-refractivity contribution in [3.05, 3.63) is 170 Å². The van der Waals surface area contributed by atoms with Gasteiger partial charge in [0.05, 0.1) is 11.0 Å². The van der Waals surface area contributed by atoms with Crippen LogP contribution in [0.3, 0.4) is 0 Å². The van der Waals surface area contributed by atoms with Crippen LogP contribution in [0, 0.1) is 0 Å². The van der Waals surface area contributed by atoms with Crippen molar-refractivity contribution in [2.45, 2.75) is 0 Å². The van der Waals surface area contributed by atoms with Gasteiger partial charge in [0.25, 0.3) is 0 Å². The van der Waals surface area contributed by atoms with Crippen molar-refractivity contribution < 1.29 is 0 Å². The van der Waals surface area contributed by atoms with Crippen LogP contribution in [-0.2, 0) is 0 Å². The van der Waals surface area contributed by atoms with E-state index in [0.29, 0.717) is 17.5 Å². The van der Waals surface area contributed by atoms with Crippen LogP contribution >= 0.6 is 11.3 Å². The third-order valence-corrected chi connectivity index (χ3v) is 10.7. The maximum absolute atomic E-state index is 5.09. The van der Waals surface area contributed by atoms with Crippen molar-refractivity contribution in [2.24, 2.45) is 0 Å². The maximum atomic E-state index is 5.09. The Labute approximate surface area is 292 Å². The Morgan fingerprint density at radius 3 is 1.54 bits per heavy atom. The van der Waals surface area contributed by atoms with Crippen LogP contribution in [0.5, 0.6) is 0 Å². The maximum Gasteiger partial charge on any atom is 0.165 e. The van der Waals surface area contributed by atoms with Crippen LogP contribution in [0.1, 0.15) is 0 Å². The van der Waals surface area contributed by atoms with E-state index in [1.807, 2.05) is 18.2 Å². The van der Waals surface area contributed by atoms with Crippen molar-refractivity contribution in [3.8, 4) is 51.0 Å². The van der Waals surface area contributed by atoms with Gasteiger partial charge in [-0.05, 0) is 47.5 Å². The second kappa shape index (κ2) is 11.6. The summed E-state index contributed by atoms with van der Waals surface area (Å²) in [6.07, 6.45) is 0. The number of thiophene rings is 1. The third-order valence-electron chi connectivity index (χ3n) is 9.49. The Hall–Kier alpha value is -6.43. The van der Waals surface area contributed by atoms with Gasteiger partial charge in [0.15, 0.2) is 17.5 Å². The van der Waals surface area contributed by atoms with Crippen molar-refractivity contribution >= 4 is 53.3 Å². The zero-order valence-corrected chi connectivity index (χ0v) is 27.7. The molecule has 3 aromatic heterocycles. The van der Waals surface area contributed by atoms with Crippen LogP contribution < -0.4 is 0 Å². The van der Waals surface area contributed by atoms with Crippen LogP contribution in [0.2, 0.25) is 0 Å². The zero-order chi connectivity index (χ0) is 33.0. The predicted octanol–water partition coefficient (Wildman–Crippen LogP) is 12.0. The van der Waals surface area contributed by atoms with E-state index in [-0.39, 0.29) is 0 Å². The molecule has 5 heteroatoms. The Morgan fingerprint density at radius 2 is 0.860 bits per heavy atom. The minimum Gasteiger partial charge on any atom is -0.309 e. The molecule has 0 aliphatic heterocycles. The number of nitrogens with zero attached hydrogens (tertiary/aromatic N) is 4. The van der Waals surface area contributed by atoms with E-state index in [1.165, 1.54) is 42.0 Å². The molecule has 0 bridgehead atoms. The Kier molecular flexibility index (Phi) is 6.64. The summed E-state index contributed by atoms with van der Waals surface area (Å²) in [4.78, 5) is 15.1. The van der Waals surface area contributed by atoms with E-state index in [2.05, 4.69) is 156 Å². The fourth-order valence-electron chi connectivity index (χ4n) is 7.08. The summed E-state index contributed by atoms with van der Waals surface area (Å²) in [5, 5.41) is 5.01. The topological polar surface area (TPSA) is 43.6 Å². The first-order valence-electron chi connectivity index (χ1n) is 16.7. The van der Waals surface area contributed by atoms with Gasteiger partial charge in [0.1, 0.15) is 0 Å². The van der Waals surface area contributed by atoms with E-state index < -0.39 is 0 Å². The molecule has 10 rings (SSSR count). The Balaban J connectivity index is 1.04. The fraction of sp³-hybridized carbons (Fsp3) is 0. The number of rotatable bonds is 5. The minimum absolute atomic E-state index is 0.653. The monoisotopic (exact) mass is 656 g/mol. The van der Waals surface area contributed by atoms with E-state index in [0.717, 1.165) is 33.5 Å². The average molecular weight is 657 g/mol. The molecule has 0 N–H and O–H groups in total. The molecule has 0 saturated carbocycles. The Bertz CT molecular complexity index is 2800. The van der Waals surface area contributed by atoms with Gasteiger partial charge in [0.2, 0.25) is 0 Å². The molecule has 7 aromatic carbocycles. The lowest BCUT2D eigenvalue weighted by atomic mass is 10.0. The molecule has 0 unspecified atom stereocenters. The van der Waals surface area contributed by atoms with Gasteiger partial charge in [-0.1, -0.05) is 133 Å². The molecule has 0 amide bonds. The molecule has 10 aromatic rings. The highest BCUT2D eigenvalue weighted by Gasteiger charge is 2.17. The second-order valence-electron chi connectivity index (χ2n) is 12.4. The summed E-state index contributed by atoms with van der Waals surface area (Å²) in [5.41, 5.74) is 8.77. The number of fused-ring (bicyclic) bond motifs is 6. The summed E-state index contributed by atoms with van der Waals surface area (Å²) >= 11 is 1.78. The van der Waals surface area contributed by atoms with E-state index in [4.69, 9.17) is 15.0 Å². The highest BCUT2D eigenvalue weighted by molar-refractivity contribution is 7.26. The van der Waals surface area contributed by atoms with Crippen LogP contribution in [-0.4, -0.2) is 19.5 Å². The molecule has 0 saturated heterocycles. The van der Waals surface area contributed by atoms with Crippen molar-refractivity contribution in [2.75, 3.05) is 0 Å². The number of hydrogen-bond acceptors (Lipinski definition) is 4. The SMILES string of the molecule is c1ccc(-c2nc(-c3ccc(-c4ccc(-n5c6ccccc6c6ccccc65)cc4)cc3)nc(-c3cccc4c3sc3ccccc34)n2)cc1. The van der Waals surface area contributed by atoms with Gasteiger partial charge in [-0.2, -0.15) is 0 Å². The highest BCUT2D eigenvalue weighted by atomic mass is 32.1. The van der Waals surface area contributed by atoms with Crippen molar-refractivity contribution in [1.29, 1.82) is 0 Å². The van der Waals surface area contributed by atoms with Crippen molar-refractivity contribution in [3.63, 3.8) is 0 Å². The molecule has 234 valence electrons. The first-order chi connectivity index (χ1) is 24.8. The Morgan fingerprint density at radius 1 is 0.360 bits per heavy atom. The molecule has 0 aliphatic rings. The standard InChI is InChI=1S/C45H28N4S/c1-2-11-31(12-3-1)43-46-44(48-45(47-43)38-17-10-16-37-36-15-6-9-20-41(36)50-42(37)38)32-23-21-29(22-24-32)30-25-27-33(28-26-30)49-39-18-7-4-13-34(39)35-14-5-8-19-40(35)49/h1-28H. The quantitative estimate of drug-likeness (QED) is 0.185. The summed E-state index contributed by atoms with van der Waals surface area (Å²) in [6, 6.07) is 59.7. The van der Waals surface area contributed by atoms with E-state index in [1.54, 1.807) is 11.3 Å².